The van der Waals surface area contributed by atoms with Gasteiger partial charge in [-0.15, -0.1) is 0 Å². The van der Waals surface area contributed by atoms with Gasteiger partial charge in [0.15, 0.2) is 0 Å². The summed E-state index contributed by atoms with van der Waals surface area (Å²) in [6, 6.07) is 16.7. The summed E-state index contributed by atoms with van der Waals surface area (Å²) in [4.78, 5) is 26.2. The molecule has 31 heavy (non-hydrogen) atoms. The molecule has 3 N–H and O–H groups in total. The molecule has 7 nitrogen and oxygen atoms in total. The van der Waals surface area contributed by atoms with Crippen LogP contribution in [0.2, 0.25) is 5.02 Å². The van der Waals surface area contributed by atoms with Gasteiger partial charge in [-0.3, -0.25) is 10.6 Å². The number of rotatable bonds is 3. The van der Waals surface area contributed by atoms with Crippen LogP contribution in [-0.2, 0) is 12.8 Å². The number of anilines is 2. The summed E-state index contributed by atoms with van der Waals surface area (Å²) < 4.78 is 0. The van der Waals surface area contributed by atoms with Gasteiger partial charge in [-0.05, 0) is 68.1 Å². The Balaban J connectivity index is 1.53. The molecule has 0 saturated carbocycles. The Morgan fingerprint density at radius 2 is 1.58 bits per heavy atom. The third kappa shape index (κ3) is 5.58. The van der Waals surface area contributed by atoms with Crippen molar-refractivity contribution in [3.8, 4) is 0 Å². The number of nitrogens with zero attached hydrogens (tertiary/aromatic N) is 3. The first-order valence-corrected chi connectivity index (χ1v) is 10.4. The number of aromatic nitrogens is 2. The molecule has 0 aliphatic heterocycles. The third-order valence-corrected chi connectivity index (χ3v) is 5.14. The molecule has 0 radical (unpaired) electrons. The minimum Gasteiger partial charge on any atom is -0.308 e. The summed E-state index contributed by atoms with van der Waals surface area (Å²) in [5, 5.41) is 9.25. The minimum absolute atomic E-state index is 0.0154. The molecule has 8 heteroatoms. The highest BCUT2D eigenvalue weighted by atomic mass is 35.5. The standard InChI is InChI=1S/C23H23ClN6O/c1-14-11-15(2)26-21(25-14)29-22(27-20-12-16-5-3-4-6-17(16)13-20)30-23(31)28-19-9-7-18(24)8-10-19/h3-11,20H,12-13H2,1-2H3,(H3,25,26,27,28,29,30,31). The van der Waals surface area contributed by atoms with Gasteiger partial charge in [0.2, 0.25) is 11.9 Å². The number of hydrogen-bond acceptors (Lipinski definition) is 4. The quantitative estimate of drug-likeness (QED) is 0.418. The summed E-state index contributed by atoms with van der Waals surface area (Å²) >= 11 is 5.91. The van der Waals surface area contributed by atoms with E-state index in [-0.39, 0.29) is 6.04 Å². The monoisotopic (exact) mass is 434 g/mol. The first-order valence-electron chi connectivity index (χ1n) is 10.0. The number of benzene rings is 2. The van der Waals surface area contributed by atoms with E-state index in [4.69, 9.17) is 16.6 Å². The average molecular weight is 435 g/mol. The second kappa shape index (κ2) is 9.14. The maximum Gasteiger partial charge on any atom is 0.326 e. The van der Waals surface area contributed by atoms with Crippen LogP contribution in [0.3, 0.4) is 0 Å². The molecule has 158 valence electrons. The Hall–Kier alpha value is -3.45. The molecular formula is C23H23ClN6O. The number of fused-ring (bicyclic) bond motifs is 1. The van der Waals surface area contributed by atoms with Crippen molar-refractivity contribution >= 4 is 35.2 Å². The summed E-state index contributed by atoms with van der Waals surface area (Å²) in [6.07, 6.45) is 1.63. The SMILES string of the molecule is Cc1cc(C)nc(NC(=NC2Cc3ccccc3C2)NC(=O)Nc2ccc(Cl)cc2)n1. The molecule has 1 aliphatic rings. The van der Waals surface area contributed by atoms with E-state index in [1.165, 1.54) is 11.1 Å². The molecule has 0 atom stereocenters. The smallest absolute Gasteiger partial charge is 0.308 e. The second-order valence-electron chi connectivity index (χ2n) is 7.49. The number of aryl methyl sites for hydroxylation is 2. The van der Waals surface area contributed by atoms with Crippen molar-refractivity contribution < 1.29 is 4.79 Å². The van der Waals surface area contributed by atoms with E-state index >= 15 is 0 Å². The molecule has 4 rings (SSSR count). The predicted octanol–water partition coefficient (Wildman–Crippen LogP) is 4.50. The molecule has 1 aromatic heterocycles. The van der Waals surface area contributed by atoms with Crippen molar-refractivity contribution in [2.75, 3.05) is 10.6 Å². The molecule has 1 heterocycles. The molecule has 0 bridgehead atoms. The van der Waals surface area contributed by atoms with Gasteiger partial charge >= 0.3 is 6.03 Å². The van der Waals surface area contributed by atoms with Gasteiger partial charge in [0.25, 0.3) is 0 Å². The summed E-state index contributed by atoms with van der Waals surface area (Å²) in [7, 11) is 0. The number of aliphatic imine (C=N–C) groups is 1. The van der Waals surface area contributed by atoms with E-state index in [9.17, 15) is 4.79 Å². The minimum atomic E-state index is -0.423. The van der Waals surface area contributed by atoms with E-state index in [1.54, 1.807) is 24.3 Å². The van der Waals surface area contributed by atoms with E-state index in [1.807, 2.05) is 32.0 Å². The molecule has 0 spiro atoms. The summed E-state index contributed by atoms with van der Waals surface area (Å²) in [5.74, 6) is 0.688. The number of guanidine groups is 1. The van der Waals surface area contributed by atoms with Crippen molar-refractivity contribution in [2.45, 2.75) is 32.7 Å². The number of nitrogens with one attached hydrogen (secondary N) is 3. The normalized spacial score (nSPS) is 13.6. The number of urea groups is 1. The molecule has 0 saturated heterocycles. The van der Waals surface area contributed by atoms with E-state index in [0.717, 1.165) is 24.2 Å². The van der Waals surface area contributed by atoms with Crippen LogP contribution in [0.5, 0.6) is 0 Å². The van der Waals surface area contributed by atoms with Crippen LogP contribution >= 0.6 is 11.6 Å². The maximum atomic E-state index is 12.6. The van der Waals surface area contributed by atoms with Gasteiger partial charge < -0.3 is 5.32 Å². The number of amides is 2. The van der Waals surface area contributed by atoms with Crippen molar-refractivity contribution in [1.29, 1.82) is 0 Å². The largest absolute Gasteiger partial charge is 0.326 e. The van der Waals surface area contributed by atoms with Crippen LogP contribution in [0.4, 0.5) is 16.4 Å². The Bertz CT molecular complexity index is 1080. The number of hydrogen-bond donors (Lipinski definition) is 3. The van der Waals surface area contributed by atoms with Gasteiger partial charge in [0, 0.05) is 22.1 Å². The van der Waals surface area contributed by atoms with Crippen LogP contribution in [0, 0.1) is 13.8 Å². The van der Waals surface area contributed by atoms with E-state index in [2.05, 4.69) is 38.1 Å². The fraction of sp³-hybridized carbons (Fsp3) is 0.217. The average Bonchev–Trinajstić information content (AvgIpc) is 3.11. The van der Waals surface area contributed by atoms with Crippen LogP contribution in [0.15, 0.2) is 59.6 Å². The topological polar surface area (TPSA) is 91.3 Å². The highest BCUT2D eigenvalue weighted by Crippen LogP contribution is 2.24. The van der Waals surface area contributed by atoms with Gasteiger partial charge in [0.1, 0.15) is 0 Å². The molecule has 1 aliphatic carbocycles. The maximum absolute atomic E-state index is 12.6. The van der Waals surface area contributed by atoms with Crippen LogP contribution < -0.4 is 16.0 Å². The van der Waals surface area contributed by atoms with Gasteiger partial charge in [-0.2, -0.15) is 0 Å². The Morgan fingerprint density at radius 1 is 0.968 bits per heavy atom. The fourth-order valence-electron chi connectivity index (χ4n) is 3.60. The molecule has 0 fully saturated rings. The summed E-state index contributed by atoms with van der Waals surface area (Å²) in [5.41, 5.74) is 4.84. The zero-order chi connectivity index (χ0) is 21.8. The fourth-order valence-corrected chi connectivity index (χ4v) is 3.72. The third-order valence-electron chi connectivity index (χ3n) is 4.89. The van der Waals surface area contributed by atoms with Crippen LogP contribution in [0.1, 0.15) is 22.5 Å². The van der Waals surface area contributed by atoms with Crippen molar-refractivity contribution in [3.05, 3.63) is 82.1 Å². The lowest BCUT2D eigenvalue weighted by Crippen LogP contribution is -2.40. The van der Waals surface area contributed by atoms with Crippen LogP contribution in [0.25, 0.3) is 0 Å². The zero-order valence-corrected chi connectivity index (χ0v) is 18.1. The van der Waals surface area contributed by atoms with Crippen molar-refractivity contribution in [1.82, 2.24) is 15.3 Å². The van der Waals surface area contributed by atoms with Gasteiger partial charge in [-0.25, -0.2) is 19.8 Å². The van der Waals surface area contributed by atoms with E-state index < -0.39 is 6.03 Å². The zero-order valence-electron chi connectivity index (χ0n) is 17.3. The van der Waals surface area contributed by atoms with E-state index in [0.29, 0.717) is 22.6 Å². The number of halogens is 1. The summed E-state index contributed by atoms with van der Waals surface area (Å²) in [6.45, 7) is 3.79. The predicted molar refractivity (Wildman–Crippen MR) is 124 cm³/mol. The Kier molecular flexibility index (Phi) is 6.13. The Morgan fingerprint density at radius 3 is 2.19 bits per heavy atom. The number of carbonyl (C=O) groups is 1. The molecular weight excluding hydrogens is 412 g/mol. The first kappa shape index (κ1) is 20.8. The van der Waals surface area contributed by atoms with Gasteiger partial charge in [-0.1, -0.05) is 35.9 Å². The lowest BCUT2D eigenvalue weighted by molar-refractivity contribution is 0.256. The van der Waals surface area contributed by atoms with Crippen molar-refractivity contribution in [2.24, 2.45) is 4.99 Å². The highest BCUT2D eigenvalue weighted by Gasteiger charge is 2.21. The van der Waals surface area contributed by atoms with Crippen molar-refractivity contribution in [3.63, 3.8) is 0 Å². The lowest BCUT2D eigenvalue weighted by Gasteiger charge is -2.14. The molecule has 2 amide bonds. The van der Waals surface area contributed by atoms with Crippen LogP contribution in [-0.4, -0.2) is 28.0 Å². The van der Waals surface area contributed by atoms with Gasteiger partial charge in [0.05, 0.1) is 6.04 Å². The number of carbonyl (C=O) groups excluding carboxylic acids is 1. The first-order chi connectivity index (χ1) is 14.9. The molecule has 0 unspecified atom stereocenters. The molecule has 2 aromatic carbocycles. The Labute approximate surface area is 186 Å². The highest BCUT2D eigenvalue weighted by molar-refractivity contribution is 6.30. The molecule has 3 aromatic rings. The second-order valence-corrected chi connectivity index (χ2v) is 7.93. The lowest BCUT2D eigenvalue weighted by atomic mass is 10.1.